The fourth-order valence-electron chi connectivity index (χ4n) is 2.91. The molecular formula is C26H25ClN2O4. The maximum absolute atomic E-state index is 12.4. The summed E-state index contributed by atoms with van der Waals surface area (Å²) in [5, 5.41) is 4.47. The molecule has 0 aliphatic rings. The number of carbonyl (C=O) groups excluding carboxylic acids is 2. The van der Waals surface area contributed by atoms with Gasteiger partial charge in [0.2, 0.25) is 0 Å². The van der Waals surface area contributed by atoms with Crippen LogP contribution in [0.15, 0.2) is 77.9 Å². The molecule has 0 fully saturated rings. The molecule has 33 heavy (non-hydrogen) atoms. The number of unbranched alkanes of at least 4 members (excludes halogenated alkanes) is 1. The summed E-state index contributed by atoms with van der Waals surface area (Å²) >= 11 is 5.85. The van der Waals surface area contributed by atoms with Crippen molar-refractivity contribution in [3.05, 3.63) is 94.5 Å². The van der Waals surface area contributed by atoms with Crippen molar-refractivity contribution in [1.82, 2.24) is 5.43 Å². The van der Waals surface area contributed by atoms with Crippen LogP contribution in [-0.2, 0) is 11.2 Å². The Morgan fingerprint density at radius 2 is 1.73 bits per heavy atom. The number of hydrogen-bond acceptors (Lipinski definition) is 5. The number of hydrogen-bond donors (Lipinski definition) is 1. The molecule has 1 N–H and O–H groups in total. The number of hydrazone groups is 1. The Hall–Kier alpha value is -3.64. The molecule has 0 saturated heterocycles. The fourth-order valence-corrected chi connectivity index (χ4v) is 3.04. The van der Waals surface area contributed by atoms with E-state index in [-0.39, 0.29) is 6.61 Å². The predicted octanol–water partition coefficient (Wildman–Crippen LogP) is 5.43. The third-order valence-electron chi connectivity index (χ3n) is 4.71. The van der Waals surface area contributed by atoms with Crippen molar-refractivity contribution < 1.29 is 19.1 Å². The van der Waals surface area contributed by atoms with E-state index in [1.165, 1.54) is 11.8 Å². The monoisotopic (exact) mass is 464 g/mol. The van der Waals surface area contributed by atoms with E-state index >= 15 is 0 Å². The Kier molecular flexibility index (Phi) is 9.03. The van der Waals surface area contributed by atoms with Crippen molar-refractivity contribution in [3.63, 3.8) is 0 Å². The first kappa shape index (κ1) is 24.0. The van der Waals surface area contributed by atoms with Gasteiger partial charge in [-0.15, -0.1) is 0 Å². The van der Waals surface area contributed by atoms with Crippen LogP contribution in [0.25, 0.3) is 0 Å². The molecule has 0 unspecified atom stereocenters. The molecule has 1 amide bonds. The van der Waals surface area contributed by atoms with E-state index in [1.807, 2.05) is 24.3 Å². The number of benzene rings is 3. The number of amides is 1. The van der Waals surface area contributed by atoms with Gasteiger partial charge in [-0.05, 0) is 66.9 Å². The van der Waals surface area contributed by atoms with Crippen LogP contribution in [0.4, 0.5) is 0 Å². The Balaban J connectivity index is 1.51. The van der Waals surface area contributed by atoms with Gasteiger partial charge in [0, 0.05) is 10.6 Å². The molecule has 0 aliphatic carbocycles. The van der Waals surface area contributed by atoms with E-state index in [9.17, 15) is 9.59 Å². The highest BCUT2D eigenvalue weighted by atomic mass is 35.5. The van der Waals surface area contributed by atoms with E-state index in [1.54, 1.807) is 48.5 Å². The van der Waals surface area contributed by atoms with Crippen LogP contribution >= 0.6 is 11.6 Å². The number of nitrogens with one attached hydrogen (secondary N) is 1. The molecule has 0 aromatic heterocycles. The van der Waals surface area contributed by atoms with E-state index in [4.69, 9.17) is 21.1 Å². The predicted molar refractivity (Wildman–Crippen MR) is 129 cm³/mol. The van der Waals surface area contributed by atoms with Gasteiger partial charge in [0.15, 0.2) is 6.61 Å². The lowest BCUT2D eigenvalue weighted by atomic mass is 10.1. The smallest absolute Gasteiger partial charge is 0.343 e. The van der Waals surface area contributed by atoms with Crippen molar-refractivity contribution in [1.29, 1.82) is 0 Å². The number of esters is 1. The molecule has 0 spiro atoms. The third kappa shape index (κ3) is 7.77. The second-order valence-electron chi connectivity index (χ2n) is 7.26. The number of halogens is 1. The van der Waals surface area contributed by atoms with Crippen LogP contribution in [0.5, 0.6) is 11.5 Å². The van der Waals surface area contributed by atoms with Crippen LogP contribution in [-0.4, -0.2) is 24.7 Å². The Bertz CT molecular complexity index is 1100. The molecule has 0 bridgehead atoms. The highest BCUT2D eigenvalue weighted by Gasteiger charge is 2.11. The molecule has 0 atom stereocenters. The zero-order chi connectivity index (χ0) is 23.5. The van der Waals surface area contributed by atoms with Gasteiger partial charge in [-0.25, -0.2) is 10.2 Å². The minimum absolute atomic E-state index is 0.168. The fraction of sp³-hybridized carbons (Fsp3) is 0.192. The van der Waals surface area contributed by atoms with Crippen LogP contribution in [0.1, 0.15) is 41.3 Å². The zero-order valence-corrected chi connectivity index (χ0v) is 19.0. The zero-order valence-electron chi connectivity index (χ0n) is 18.3. The number of rotatable bonds is 10. The first-order valence-corrected chi connectivity index (χ1v) is 11.0. The maximum atomic E-state index is 12.4. The quantitative estimate of drug-likeness (QED) is 0.188. The molecule has 3 aromatic rings. The summed E-state index contributed by atoms with van der Waals surface area (Å²) < 4.78 is 11.0. The molecule has 7 heteroatoms. The van der Waals surface area contributed by atoms with Crippen LogP contribution in [0, 0.1) is 0 Å². The molecule has 0 heterocycles. The Morgan fingerprint density at radius 3 is 2.45 bits per heavy atom. The summed E-state index contributed by atoms with van der Waals surface area (Å²) in [7, 11) is 0. The number of ether oxygens (including phenoxy) is 2. The van der Waals surface area contributed by atoms with Gasteiger partial charge in [0.1, 0.15) is 11.5 Å². The van der Waals surface area contributed by atoms with Crippen molar-refractivity contribution in [2.45, 2.75) is 26.2 Å². The summed E-state index contributed by atoms with van der Waals surface area (Å²) in [6.07, 6.45) is 4.73. The first-order chi connectivity index (χ1) is 16.0. The number of carbonyl (C=O) groups is 2. The molecule has 3 rings (SSSR count). The maximum Gasteiger partial charge on any atom is 0.343 e. The van der Waals surface area contributed by atoms with Crippen LogP contribution < -0.4 is 14.9 Å². The second-order valence-corrected chi connectivity index (χ2v) is 7.70. The van der Waals surface area contributed by atoms with Gasteiger partial charge in [-0.3, -0.25) is 4.79 Å². The van der Waals surface area contributed by atoms with Gasteiger partial charge in [-0.2, -0.15) is 5.10 Å². The Morgan fingerprint density at radius 1 is 1.00 bits per heavy atom. The number of para-hydroxylation sites is 1. The van der Waals surface area contributed by atoms with Gasteiger partial charge >= 0.3 is 5.97 Å². The molecule has 170 valence electrons. The SMILES string of the molecule is CCCCc1ccc(OCC(=O)N/N=C/c2ccccc2OC(=O)c2ccc(Cl)cc2)cc1. The summed E-state index contributed by atoms with van der Waals surface area (Å²) in [5.41, 5.74) is 4.56. The second kappa shape index (κ2) is 12.4. The normalized spacial score (nSPS) is 10.7. The third-order valence-corrected chi connectivity index (χ3v) is 4.96. The molecule has 0 aliphatic heterocycles. The number of aryl methyl sites for hydroxylation is 1. The minimum Gasteiger partial charge on any atom is -0.484 e. The molecule has 0 radical (unpaired) electrons. The molecule has 6 nitrogen and oxygen atoms in total. The highest BCUT2D eigenvalue weighted by molar-refractivity contribution is 6.30. The average Bonchev–Trinajstić information content (AvgIpc) is 2.83. The summed E-state index contributed by atoms with van der Waals surface area (Å²) in [6.45, 7) is 1.99. The summed E-state index contributed by atoms with van der Waals surface area (Å²) in [4.78, 5) is 24.4. The molecule has 0 saturated carbocycles. The van der Waals surface area contributed by atoms with Gasteiger partial charge in [0.05, 0.1) is 11.8 Å². The average molecular weight is 465 g/mol. The molecular weight excluding hydrogens is 440 g/mol. The Labute approximate surface area is 198 Å². The van der Waals surface area contributed by atoms with Crippen LogP contribution in [0.3, 0.4) is 0 Å². The highest BCUT2D eigenvalue weighted by Crippen LogP contribution is 2.19. The van der Waals surface area contributed by atoms with E-state index in [0.29, 0.717) is 27.6 Å². The van der Waals surface area contributed by atoms with Gasteiger partial charge < -0.3 is 9.47 Å². The van der Waals surface area contributed by atoms with Gasteiger partial charge in [0.25, 0.3) is 5.91 Å². The lowest BCUT2D eigenvalue weighted by Crippen LogP contribution is -2.24. The van der Waals surface area contributed by atoms with E-state index in [0.717, 1.165) is 19.3 Å². The molecule has 3 aromatic carbocycles. The van der Waals surface area contributed by atoms with Crippen molar-refractivity contribution in [2.75, 3.05) is 6.61 Å². The number of nitrogens with zero attached hydrogens (tertiary/aromatic N) is 1. The lowest BCUT2D eigenvalue weighted by Gasteiger charge is -2.08. The van der Waals surface area contributed by atoms with Crippen LogP contribution in [0.2, 0.25) is 5.02 Å². The van der Waals surface area contributed by atoms with Crippen molar-refractivity contribution in [3.8, 4) is 11.5 Å². The van der Waals surface area contributed by atoms with E-state index < -0.39 is 11.9 Å². The van der Waals surface area contributed by atoms with Crippen molar-refractivity contribution >= 4 is 29.7 Å². The minimum atomic E-state index is -0.523. The van der Waals surface area contributed by atoms with E-state index in [2.05, 4.69) is 17.5 Å². The summed E-state index contributed by atoms with van der Waals surface area (Å²) in [5.74, 6) is 0.00584. The lowest BCUT2D eigenvalue weighted by molar-refractivity contribution is -0.123. The summed E-state index contributed by atoms with van der Waals surface area (Å²) in [6, 6.07) is 21.0. The van der Waals surface area contributed by atoms with Crippen molar-refractivity contribution in [2.24, 2.45) is 5.10 Å². The largest absolute Gasteiger partial charge is 0.484 e. The standard InChI is InChI=1S/C26H25ClN2O4/c1-2-3-6-19-9-15-23(16-10-19)32-18-25(30)29-28-17-21-7-4-5-8-24(21)33-26(31)20-11-13-22(27)14-12-20/h4-5,7-17H,2-3,6,18H2,1H3,(H,29,30)/b28-17+. The topological polar surface area (TPSA) is 77.0 Å². The van der Waals surface area contributed by atoms with Gasteiger partial charge in [-0.1, -0.05) is 49.2 Å². The first-order valence-electron chi connectivity index (χ1n) is 10.7.